The highest BCUT2D eigenvalue weighted by atomic mass is 79.9. The Morgan fingerprint density at radius 1 is 0.933 bits per heavy atom. The predicted octanol–water partition coefficient (Wildman–Crippen LogP) is 4.70. The highest BCUT2D eigenvalue weighted by molar-refractivity contribution is 9.10. The summed E-state index contributed by atoms with van der Waals surface area (Å²) in [6, 6.07) is 17.8. The molecule has 152 valence electrons. The molecule has 2 aliphatic rings. The van der Waals surface area contributed by atoms with Gasteiger partial charge in [-0.15, -0.1) is 0 Å². The summed E-state index contributed by atoms with van der Waals surface area (Å²) in [6.45, 7) is 3.25. The maximum atomic E-state index is 13.1. The number of anilines is 1. The first-order valence-corrected chi connectivity index (χ1v) is 11.2. The van der Waals surface area contributed by atoms with E-state index in [0.29, 0.717) is 18.7 Å². The van der Waals surface area contributed by atoms with E-state index in [1.54, 1.807) is 0 Å². The summed E-state index contributed by atoms with van der Waals surface area (Å²) >= 11 is 3.47. The van der Waals surface area contributed by atoms with Crippen molar-refractivity contribution in [2.75, 3.05) is 24.5 Å². The van der Waals surface area contributed by atoms with Crippen molar-refractivity contribution < 1.29 is 4.79 Å². The minimum atomic E-state index is 0.0569. The molecule has 1 amide bonds. The van der Waals surface area contributed by atoms with Crippen LogP contribution in [0.15, 0.2) is 59.1 Å². The lowest BCUT2D eigenvalue weighted by molar-refractivity contribution is 0.0733. The van der Waals surface area contributed by atoms with Gasteiger partial charge in [0.05, 0.1) is 12.2 Å². The molecule has 0 bridgehead atoms. The summed E-state index contributed by atoms with van der Waals surface area (Å²) in [7, 11) is 0. The highest BCUT2D eigenvalue weighted by Crippen LogP contribution is 2.32. The normalized spacial score (nSPS) is 15.9. The van der Waals surface area contributed by atoms with Gasteiger partial charge in [0.2, 0.25) is 0 Å². The predicted molar refractivity (Wildman–Crippen MR) is 122 cm³/mol. The lowest BCUT2D eigenvalue weighted by atomic mass is 10.0. The van der Waals surface area contributed by atoms with E-state index in [2.05, 4.69) is 33.0 Å². The van der Waals surface area contributed by atoms with Crippen molar-refractivity contribution in [1.29, 1.82) is 0 Å². The smallest absolute Gasteiger partial charge is 0.254 e. The molecular weight excluding hydrogens is 440 g/mol. The van der Waals surface area contributed by atoms with Gasteiger partial charge in [0.1, 0.15) is 5.82 Å². The van der Waals surface area contributed by atoms with E-state index < -0.39 is 0 Å². The first-order valence-electron chi connectivity index (χ1n) is 10.4. The Morgan fingerprint density at radius 3 is 2.50 bits per heavy atom. The summed E-state index contributed by atoms with van der Waals surface area (Å²) < 4.78 is 0.916. The van der Waals surface area contributed by atoms with Crippen LogP contribution in [-0.2, 0) is 13.0 Å². The van der Waals surface area contributed by atoms with Gasteiger partial charge in [-0.25, -0.2) is 9.97 Å². The molecule has 0 saturated carbocycles. The van der Waals surface area contributed by atoms with Crippen molar-refractivity contribution in [3.05, 3.63) is 75.9 Å². The van der Waals surface area contributed by atoms with E-state index in [1.165, 1.54) is 12.8 Å². The van der Waals surface area contributed by atoms with Crippen LogP contribution in [0.5, 0.6) is 0 Å². The molecular formula is C24H23BrN4O. The highest BCUT2D eigenvalue weighted by Gasteiger charge is 2.29. The molecule has 0 spiro atoms. The second kappa shape index (κ2) is 8.19. The van der Waals surface area contributed by atoms with E-state index >= 15 is 0 Å². The fourth-order valence-electron chi connectivity index (χ4n) is 4.28. The first kappa shape index (κ1) is 19.2. The summed E-state index contributed by atoms with van der Waals surface area (Å²) in [5.74, 6) is 1.84. The molecule has 3 aromatic rings. The van der Waals surface area contributed by atoms with Gasteiger partial charge in [0.25, 0.3) is 5.91 Å². The number of aromatic nitrogens is 2. The number of halogens is 1. The Kier molecular flexibility index (Phi) is 5.25. The van der Waals surface area contributed by atoms with Crippen molar-refractivity contribution in [3.63, 3.8) is 0 Å². The summed E-state index contributed by atoms with van der Waals surface area (Å²) in [4.78, 5) is 27.3. The third-order valence-corrected chi connectivity index (χ3v) is 6.33. The quantitative estimate of drug-likeness (QED) is 0.565. The third-order valence-electron chi connectivity index (χ3n) is 5.83. The number of carbonyl (C=O) groups is 1. The average molecular weight is 463 g/mol. The maximum absolute atomic E-state index is 13.1. The van der Waals surface area contributed by atoms with Gasteiger partial charge in [0, 0.05) is 47.2 Å². The van der Waals surface area contributed by atoms with Crippen molar-refractivity contribution in [2.24, 2.45) is 0 Å². The van der Waals surface area contributed by atoms with Crippen molar-refractivity contribution >= 4 is 27.7 Å². The van der Waals surface area contributed by atoms with Crippen LogP contribution in [0.2, 0.25) is 0 Å². The molecule has 0 N–H and O–H groups in total. The van der Waals surface area contributed by atoms with Crippen LogP contribution in [0.3, 0.4) is 0 Å². The molecule has 1 fully saturated rings. The van der Waals surface area contributed by atoms with Gasteiger partial charge < -0.3 is 9.80 Å². The van der Waals surface area contributed by atoms with E-state index in [-0.39, 0.29) is 5.91 Å². The third kappa shape index (κ3) is 3.72. The lowest BCUT2D eigenvalue weighted by Gasteiger charge is -2.32. The van der Waals surface area contributed by atoms with Crippen molar-refractivity contribution in [1.82, 2.24) is 14.9 Å². The topological polar surface area (TPSA) is 49.3 Å². The molecule has 0 radical (unpaired) electrons. The standard InChI is InChI=1S/C24H23BrN4O/c25-19-10-6-9-18(15-19)24(30)29-14-11-21-20(16-29)23(28-12-4-5-13-28)27-22(26-21)17-7-2-1-3-8-17/h1-3,6-10,15H,4-5,11-14,16H2. The molecule has 5 nitrogen and oxygen atoms in total. The van der Waals surface area contributed by atoms with Crippen molar-refractivity contribution in [2.45, 2.75) is 25.8 Å². The van der Waals surface area contributed by atoms with Gasteiger partial charge in [-0.2, -0.15) is 0 Å². The number of hydrogen-bond acceptors (Lipinski definition) is 4. The van der Waals surface area contributed by atoms with E-state index in [9.17, 15) is 4.79 Å². The largest absolute Gasteiger partial charge is 0.356 e. The molecule has 3 heterocycles. The number of rotatable bonds is 3. The van der Waals surface area contributed by atoms with Gasteiger partial charge in [0.15, 0.2) is 5.82 Å². The molecule has 30 heavy (non-hydrogen) atoms. The van der Waals surface area contributed by atoms with E-state index in [0.717, 1.165) is 52.4 Å². The minimum absolute atomic E-state index is 0.0569. The minimum Gasteiger partial charge on any atom is -0.356 e. The van der Waals surface area contributed by atoms with Crippen LogP contribution in [0.4, 0.5) is 5.82 Å². The SMILES string of the molecule is O=C(c1cccc(Br)c1)N1CCc2nc(-c3ccccc3)nc(N3CCCC3)c2C1. The van der Waals surface area contributed by atoms with E-state index in [1.807, 2.05) is 47.4 Å². The Balaban J connectivity index is 1.52. The Bertz CT molecular complexity index is 1080. The van der Waals surface area contributed by atoms with E-state index in [4.69, 9.17) is 9.97 Å². The number of amides is 1. The second-order valence-electron chi connectivity index (χ2n) is 7.84. The van der Waals surface area contributed by atoms with Crippen LogP contribution in [0, 0.1) is 0 Å². The molecule has 1 aromatic heterocycles. The lowest BCUT2D eigenvalue weighted by Crippen LogP contribution is -2.38. The Hall–Kier alpha value is -2.73. The number of hydrogen-bond donors (Lipinski definition) is 0. The summed E-state index contributed by atoms with van der Waals surface area (Å²) in [5, 5.41) is 0. The summed E-state index contributed by atoms with van der Waals surface area (Å²) in [5.41, 5.74) is 3.92. The second-order valence-corrected chi connectivity index (χ2v) is 8.76. The zero-order valence-corrected chi connectivity index (χ0v) is 18.3. The molecule has 0 atom stereocenters. The van der Waals surface area contributed by atoms with Crippen molar-refractivity contribution in [3.8, 4) is 11.4 Å². The monoisotopic (exact) mass is 462 g/mol. The molecule has 5 rings (SSSR count). The van der Waals surface area contributed by atoms with Crippen LogP contribution in [0.25, 0.3) is 11.4 Å². The van der Waals surface area contributed by atoms with Gasteiger partial charge in [-0.1, -0.05) is 52.3 Å². The molecule has 1 saturated heterocycles. The zero-order chi connectivity index (χ0) is 20.5. The average Bonchev–Trinajstić information content (AvgIpc) is 3.33. The molecule has 0 aliphatic carbocycles. The fraction of sp³-hybridized carbons (Fsp3) is 0.292. The molecule has 6 heteroatoms. The fourth-order valence-corrected chi connectivity index (χ4v) is 4.68. The Morgan fingerprint density at radius 2 is 1.73 bits per heavy atom. The molecule has 2 aliphatic heterocycles. The van der Waals surface area contributed by atoms with Crippen LogP contribution < -0.4 is 4.90 Å². The van der Waals surface area contributed by atoms with Crippen LogP contribution in [-0.4, -0.2) is 40.4 Å². The number of fused-ring (bicyclic) bond motifs is 1. The first-order chi connectivity index (χ1) is 14.7. The van der Waals surface area contributed by atoms with Crippen LogP contribution >= 0.6 is 15.9 Å². The number of carbonyl (C=O) groups excluding carboxylic acids is 1. The molecule has 0 unspecified atom stereocenters. The van der Waals surface area contributed by atoms with Gasteiger partial charge in [-0.05, 0) is 31.0 Å². The maximum Gasteiger partial charge on any atom is 0.254 e. The summed E-state index contributed by atoms with van der Waals surface area (Å²) in [6.07, 6.45) is 3.11. The van der Waals surface area contributed by atoms with Crippen LogP contribution in [0.1, 0.15) is 34.5 Å². The van der Waals surface area contributed by atoms with Gasteiger partial charge >= 0.3 is 0 Å². The van der Waals surface area contributed by atoms with Gasteiger partial charge in [-0.3, -0.25) is 4.79 Å². The Labute approximate surface area is 184 Å². The zero-order valence-electron chi connectivity index (χ0n) is 16.7. The number of nitrogens with zero attached hydrogens (tertiary/aromatic N) is 4. The molecule has 2 aromatic carbocycles. The number of benzene rings is 2.